The summed E-state index contributed by atoms with van der Waals surface area (Å²) in [6, 6.07) is 22.6. The molecule has 0 aromatic heterocycles. The monoisotopic (exact) mass is 379 g/mol. The van der Waals surface area contributed by atoms with Gasteiger partial charge < -0.3 is 0 Å². The third kappa shape index (κ3) is 2.02. The van der Waals surface area contributed by atoms with Crippen LogP contribution in [0.25, 0.3) is 0 Å². The maximum Gasteiger partial charge on any atom is 0.238 e. The van der Waals surface area contributed by atoms with E-state index < -0.39 is 0 Å². The zero-order valence-corrected chi connectivity index (χ0v) is 16.4. The summed E-state index contributed by atoms with van der Waals surface area (Å²) in [5.41, 5.74) is 7.73. The SMILES string of the molecule is Cc1ccc2c(c1)C1c3ccccc3C2C2C(=O)N(c3ccccc3C)C(=O)C12. The number of hydrogen-bond acceptors (Lipinski definition) is 2. The van der Waals surface area contributed by atoms with Gasteiger partial charge in [0.15, 0.2) is 0 Å². The summed E-state index contributed by atoms with van der Waals surface area (Å²) in [7, 11) is 0. The lowest BCUT2D eigenvalue weighted by atomic mass is 9.55. The van der Waals surface area contributed by atoms with Crippen LogP contribution in [0.15, 0.2) is 66.7 Å². The number of carbonyl (C=O) groups excluding carboxylic acids is 2. The van der Waals surface area contributed by atoms with E-state index >= 15 is 0 Å². The molecular formula is C26H21NO2. The molecule has 1 saturated heterocycles. The summed E-state index contributed by atoms with van der Waals surface area (Å²) in [5.74, 6) is -0.853. The van der Waals surface area contributed by atoms with Gasteiger partial charge in [-0.25, -0.2) is 4.90 Å². The second-order valence-corrected chi connectivity index (χ2v) is 8.57. The fourth-order valence-electron chi connectivity index (χ4n) is 5.90. The molecule has 4 aliphatic rings. The van der Waals surface area contributed by atoms with Crippen molar-refractivity contribution in [2.45, 2.75) is 25.7 Å². The molecule has 29 heavy (non-hydrogen) atoms. The Labute approximate surface area is 170 Å². The Morgan fingerprint density at radius 1 is 0.655 bits per heavy atom. The Balaban J connectivity index is 1.60. The molecule has 0 saturated carbocycles. The molecule has 1 fully saturated rings. The highest BCUT2D eigenvalue weighted by Gasteiger charge is 2.61. The van der Waals surface area contributed by atoms with E-state index in [1.165, 1.54) is 32.7 Å². The van der Waals surface area contributed by atoms with E-state index in [0.717, 1.165) is 11.3 Å². The Bertz CT molecular complexity index is 1210. The maximum absolute atomic E-state index is 13.7. The number of nitrogens with zero attached hydrogens (tertiary/aromatic N) is 1. The number of anilines is 1. The number of carbonyl (C=O) groups is 2. The molecule has 4 atom stereocenters. The molecule has 3 heteroatoms. The van der Waals surface area contributed by atoms with Crippen LogP contribution >= 0.6 is 0 Å². The summed E-state index contributed by atoms with van der Waals surface area (Å²) < 4.78 is 0. The Morgan fingerprint density at radius 3 is 1.86 bits per heavy atom. The molecular weight excluding hydrogens is 358 g/mol. The summed E-state index contributed by atoms with van der Waals surface area (Å²) in [6.07, 6.45) is 0. The number of amides is 2. The normalized spacial score (nSPS) is 26.3. The van der Waals surface area contributed by atoms with Crippen LogP contribution in [0, 0.1) is 25.7 Å². The highest BCUT2D eigenvalue weighted by molar-refractivity contribution is 6.23. The van der Waals surface area contributed by atoms with E-state index in [1.807, 2.05) is 43.3 Å². The lowest BCUT2D eigenvalue weighted by Gasteiger charge is -2.46. The average Bonchev–Trinajstić information content (AvgIpc) is 2.99. The number of aryl methyl sites for hydroxylation is 2. The van der Waals surface area contributed by atoms with Gasteiger partial charge in [-0.2, -0.15) is 0 Å². The number of imide groups is 1. The molecule has 0 N–H and O–H groups in total. The number of hydrogen-bond donors (Lipinski definition) is 0. The van der Waals surface area contributed by atoms with Crippen LogP contribution in [-0.2, 0) is 9.59 Å². The minimum absolute atomic E-state index is 0.0500. The molecule has 3 aromatic rings. The molecule has 0 spiro atoms. The molecule has 3 aromatic carbocycles. The van der Waals surface area contributed by atoms with Gasteiger partial charge in [-0.1, -0.05) is 66.2 Å². The summed E-state index contributed by atoms with van der Waals surface area (Å²) in [6.45, 7) is 4.05. The van der Waals surface area contributed by atoms with Gasteiger partial charge in [-0.05, 0) is 47.7 Å². The predicted octanol–water partition coefficient (Wildman–Crippen LogP) is 4.70. The molecule has 2 bridgehead atoms. The topological polar surface area (TPSA) is 37.4 Å². The predicted molar refractivity (Wildman–Crippen MR) is 112 cm³/mol. The smallest absolute Gasteiger partial charge is 0.238 e. The van der Waals surface area contributed by atoms with Crippen LogP contribution in [0.3, 0.4) is 0 Å². The number of para-hydroxylation sites is 1. The van der Waals surface area contributed by atoms with Crippen molar-refractivity contribution in [3.05, 3.63) is 100 Å². The minimum Gasteiger partial charge on any atom is -0.274 e. The van der Waals surface area contributed by atoms with Gasteiger partial charge in [0.25, 0.3) is 0 Å². The molecule has 2 amide bonds. The maximum atomic E-state index is 13.7. The van der Waals surface area contributed by atoms with Crippen molar-refractivity contribution in [3.63, 3.8) is 0 Å². The fourth-order valence-corrected chi connectivity index (χ4v) is 5.90. The molecule has 4 unspecified atom stereocenters. The Kier molecular flexibility index (Phi) is 3.27. The van der Waals surface area contributed by atoms with Gasteiger partial charge in [0.2, 0.25) is 11.8 Å². The van der Waals surface area contributed by atoms with Gasteiger partial charge in [0, 0.05) is 11.8 Å². The first-order valence-electron chi connectivity index (χ1n) is 10.2. The van der Waals surface area contributed by atoms with E-state index in [2.05, 4.69) is 37.3 Å². The Hall–Kier alpha value is -3.20. The Morgan fingerprint density at radius 2 is 1.21 bits per heavy atom. The first kappa shape index (κ1) is 16.7. The van der Waals surface area contributed by atoms with E-state index in [1.54, 1.807) is 0 Å². The standard InChI is InChI=1S/C26H21NO2/c1-14-11-12-18-19(13-14)22-17-9-5-4-8-16(17)21(18)23-24(22)26(29)27(25(23)28)20-10-6-3-7-15(20)2/h3-13,21-24H,1-2H3. The van der Waals surface area contributed by atoms with Crippen LogP contribution in [0.1, 0.15) is 45.2 Å². The third-order valence-electron chi connectivity index (χ3n) is 7.05. The van der Waals surface area contributed by atoms with Gasteiger partial charge in [0.05, 0.1) is 17.5 Å². The van der Waals surface area contributed by atoms with E-state index in [9.17, 15) is 9.59 Å². The highest BCUT2D eigenvalue weighted by Crippen LogP contribution is 2.61. The quantitative estimate of drug-likeness (QED) is 0.575. The van der Waals surface area contributed by atoms with Crippen molar-refractivity contribution in [2.75, 3.05) is 4.90 Å². The molecule has 3 aliphatic carbocycles. The lowest BCUT2D eigenvalue weighted by molar-refractivity contribution is -0.122. The van der Waals surface area contributed by atoms with Crippen molar-refractivity contribution in [3.8, 4) is 0 Å². The van der Waals surface area contributed by atoms with Crippen molar-refractivity contribution in [1.29, 1.82) is 0 Å². The van der Waals surface area contributed by atoms with Crippen molar-refractivity contribution in [1.82, 2.24) is 0 Å². The lowest BCUT2D eigenvalue weighted by Crippen LogP contribution is -2.41. The van der Waals surface area contributed by atoms with Crippen LogP contribution < -0.4 is 4.90 Å². The first-order valence-corrected chi connectivity index (χ1v) is 10.2. The first-order chi connectivity index (χ1) is 14.1. The van der Waals surface area contributed by atoms with E-state index in [4.69, 9.17) is 0 Å². The van der Waals surface area contributed by atoms with Crippen molar-refractivity contribution < 1.29 is 9.59 Å². The zero-order valence-electron chi connectivity index (χ0n) is 16.4. The molecule has 7 rings (SSSR count). The second-order valence-electron chi connectivity index (χ2n) is 8.57. The van der Waals surface area contributed by atoms with Crippen LogP contribution in [0.4, 0.5) is 5.69 Å². The van der Waals surface area contributed by atoms with Crippen molar-refractivity contribution >= 4 is 17.5 Å². The van der Waals surface area contributed by atoms with Crippen LogP contribution in [-0.4, -0.2) is 11.8 Å². The summed E-state index contributed by atoms with van der Waals surface area (Å²) in [4.78, 5) is 28.9. The van der Waals surface area contributed by atoms with Gasteiger partial charge in [-0.3, -0.25) is 9.59 Å². The van der Waals surface area contributed by atoms with Crippen LogP contribution in [0.2, 0.25) is 0 Å². The zero-order chi connectivity index (χ0) is 19.9. The second kappa shape index (κ2) is 5.66. The number of benzene rings is 3. The third-order valence-corrected chi connectivity index (χ3v) is 7.05. The molecule has 142 valence electrons. The van der Waals surface area contributed by atoms with Crippen molar-refractivity contribution in [2.24, 2.45) is 11.8 Å². The van der Waals surface area contributed by atoms with Gasteiger partial charge >= 0.3 is 0 Å². The molecule has 1 aliphatic heterocycles. The fraction of sp³-hybridized carbons (Fsp3) is 0.231. The van der Waals surface area contributed by atoms with Crippen LogP contribution in [0.5, 0.6) is 0 Å². The molecule has 0 radical (unpaired) electrons. The molecule has 1 heterocycles. The largest absolute Gasteiger partial charge is 0.274 e. The average molecular weight is 379 g/mol. The number of rotatable bonds is 1. The summed E-state index contributed by atoms with van der Waals surface area (Å²) in [5, 5.41) is 0. The molecule has 3 nitrogen and oxygen atoms in total. The highest BCUT2D eigenvalue weighted by atomic mass is 16.2. The van der Waals surface area contributed by atoms with Gasteiger partial charge in [0.1, 0.15) is 0 Å². The minimum atomic E-state index is -0.323. The summed E-state index contributed by atoms with van der Waals surface area (Å²) >= 11 is 0. The van der Waals surface area contributed by atoms with Gasteiger partial charge in [-0.15, -0.1) is 0 Å². The van der Waals surface area contributed by atoms with E-state index in [-0.39, 0.29) is 35.5 Å². The van der Waals surface area contributed by atoms with E-state index in [0.29, 0.717) is 0 Å².